The first kappa shape index (κ1) is 11.4. The predicted molar refractivity (Wildman–Crippen MR) is 51.1 cm³/mol. The van der Waals surface area contributed by atoms with Crippen molar-refractivity contribution in [3.63, 3.8) is 0 Å². The Kier molecular flexibility index (Phi) is 6.76. The molecule has 0 heterocycles. The Bertz CT molecular complexity index is 124. The van der Waals surface area contributed by atoms with Crippen molar-refractivity contribution < 1.29 is 4.79 Å². The Hall–Kier alpha value is -0.570. The quantitative estimate of drug-likeness (QED) is 0.584. The molecular formula is C9H20N2O. The molecule has 3 heteroatoms. The number of nitrogens with one attached hydrogen (secondary N) is 2. The zero-order valence-corrected chi connectivity index (χ0v) is 8.31. The summed E-state index contributed by atoms with van der Waals surface area (Å²) in [5.41, 5.74) is 0. The van der Waals surface area contributed by atoms with Crippen LogP contribution in [0.2, 0.25) is 0 Å². The molecule has 0 bridgehead atoms. The van der Waals surface area contributed by atoms with Crippen molar-refractivity contribution in [3.8, 4) is 0 Å². The molecule has 0 unspecified atom stereocenters. The van der Waals surface area contributed by atoms with Crippen LogP contribution in [-0.2, 0) is 4.79 Å². The lowest BCUT2D eigenvalue weighted by molar-refractivity contribution is -0.121. The van der Waals surface area contributed by atoms with E-state index in [0.717, 1.165) is 19.5 Å². The Morgan fingerprint density at radius 1 is 1.33 bits per heavy atom. The Labute approximate surface area is 74.9 Å². The number of rotatable bonds is 6. The summed E-state index contributed by atoms with van der Waals surface area (Å²) in [5, 5.41) is 6.07. The highest BCUT2D eigenvalue weighted by Crippen LogP contribution is 1.84. The van der Waals surface area contributed by atoms with E-state index in [2.05, 4.69) is 24.5 Å². The van der Waals surface area contributed by atoms with Gasteiger partial charge in [0.25, 0.3) is 0 Å². The Morgan fingerprint density at radius 3 is 2.50 bits per heavy atom. The minimum Gasteiger partial charge on any atom is -0.355 e. The first-order valence-electron chi connectivity index (χ1n) is 4.67. The lowest BCUT2D eigenvalue weighted by Crippen LogP contribution is -2.34. The monoisotopic (exact) mass is 172 g/mol. The lowest BCUT2D eigenvalue weighted by atomic mass is 10.3. The van der Waals surface area contributed by atoms with Crippen LogP contribution in [0.1, 0.15) is 33.6 Å². The maximum atomic E-state index is 10.9. The van der Waals surface area contributed by atoms with E-state index in [1.165, 1.54) is 0 Å². The maximum absolute atomic E-state index is 10.9. The number of carbonyl (C=O) groups excluding carboxylic acids is 1. The molecule has 0 saturated carbocycles. The van der Waals surface area contributed by atoms with Gasteiger partial charge in [0.15, 0.2) is 0 Å². The first-order chi connectivity index (χ1) is 5.66. The minimum absolute atomic E-state index is 0.156. The molecule has 0 saturated heterocycles. The van der Waals surface area contributed by atoms with Crippen LogP contribution in [0.25, 0.3) is 0 Å². The molecule has 0 aliphatic heterocycles. The SMILES string of the molecule is CCCC(=O)NCCNC(C)C. The summed E-state index contributed by atoms with van der Waals surface area (Å²) < 4.78 is 0. The van der Waals surface area contributed by atoms with E-state index in [1.807, 2.05) is 6.92 Å². The van der Waals surface area contributed by atoms with Gasteiger partial charge in [-0.05, 0) is 6.42 Å². The van der Waals surface area contributed by atoms with Crippen LogP contribution in [0, 0.1) is 0 Å². The zero-order valence-electron chi connectivity index (χ0n) is 8.31. The van der Waals surface area contributed by atoms with E-state index in [4.69, 9.17) is 0 Å². The van der Waals surface area contributed by atoms with Gasteiger partial charge in [-0.2, -0.15) is 0 Å². The highest BCUT2D eigenvalue weighted by atomic mass is 16.1. The summed E-state index contributed by atoms with van der Waals surface area (Å²) in [4.78, 5) is 10.9. The van der Waals surface area contributed by atoms with E-state index < -0.39 is 0 Å². The van der Waals surface area contributed by atoms with Gasteiger partial charge in [0.05, 0.1) is 0 Å². The fraction of sp³-hybridized carbons (Fsp3) is 0.889. The van der Waals surface area contributed by atoms with E-state index in [-0.39, 0.29) is 5.91 Å². The van der Waals surface area contributed by atoms with Crippen LogP contribution in [0.3, 0.4) is 0 Å². The standard InChI is InChI=1S/C9H20N2O/c1-4-5-9(12)11-7-6-10-8(2)3/h8,10H,4-7H2,1-3H3,(H,11,12). The molecule has 12 heavy (non-hydrogen) atoms. The Morgan fingerprint density at radius 2 is 2.00 bits per heavy atom. The van der Waals surface area contributed by atoms with E-state index in [9.17, 15) is 4.79 Å². The van der Waals surface area contributed by atoms with Gasteiger partial charge in [0, 0.05) is 25.6 Å². The third kappa shape index (κ3) is 7.54. The van der Waals surface area contributed by atoms with Crippen molar-refractivity contribution in [2.24, 2.45) is 0 Å². The number of carbonyl (C=O) groups is 1. The second kappa shape index (κ2) is 7.10. The van der Waals surface area contributed by atoms with E-state index in [1.54, 1.807) is 0 Å². The molecule has 2 N–H and O–H groups in total. The Balaban J connectivity index is 3.14. The molecule has 0 aromatic heterocycles. The fourth-order valence-electron chi connectivity index (χ4n) is 0.878. The van der Waals surface area contributed by atoms with Crippen LogP contribution < -0.4 is 10.6 Å². The molecule has 0 aliphatic rings. The molecule has 0 rings (SSSR count). The largest absolute Gasteiger partial charge is 0.355 e. The maximum Gasteiger partial charge on any atom is 0.220 e. The average molecular weight is 172 g/mol. The van der Waals surface area contributed by atoms with Crippen molar-refractivity contribution in [2.45, 2.75) is 39.7 Å². The van der Waals surface area contributed by atoms with Crippen LogP contribution in [0.5, 0.6) is 0 Å². The van der Waals surface area contributed by atoms with Gasteiger partial charge < -0.3 is 10.6 Å². The molecule has 1 amide bonds. The smallest absolute Gasteiger partial charge is 0.220 e. The minimum atomic E-state index is 0.156. The summed E-state index contributed by atoms with van der Waals surface area (Å²) in [5.74, 6) is 0.156. The highest BCUT2D eigenvalue weighted by Gasteiger charge is 1.97. The van der Waals surface area contributed by atoms with Gasteiger partial charge >= 0.3 is 0 Å². The normalized spacial score (nSPS) is 10.3. The molecule has 0 aliphatic carbocycles. The zero-order chi connectivity index (χ0) is 9.40. The number of hydrogen-bond donors (Lipinski definition) is 2. The van der Waals surface area contributed by atoms with Gasteiger partial charge in [-0.3, -0.25) is 4.79 Å². The van der Waals surface area contributed by atoms with Gasteiger partial charge in [-0.15, -0.1) is 0 Å². The third-order valence-electron chi connectivity index (χ3n) is 1.48. The molecule has 72 valence electrons. The second-order valence-electron chi connectivity index (χ2n) is 3.21. The molecule has 0 fully saturated rings. The fourth-order valence-corrected chi connectivity index (χ4v) is 0.878. The van der Waals surface area contributed by atoms with Crippen LogP contribution in [0.15, 0.2) is 0 Å². The van der Waals surface area contributed by atoms with Gasteiger partial charge in [-0.1, -0.05) is 20.8 Å². The molecule has 0 atom stereocenters. The topological polar surface area (TPSA) is 41.1 Å². The summed E-state index contributed by atoms with van der Waals surface area (Å²) in [6.45, 7) is 7.78. The number of hydrogen-bond acceptors (Lipinski definition) is 2. The number of amides is 1. The highest BCUT2D eigenvalue weighted by molar-refractivity contribution is 5.75. The lowest BCUT2D eigenvalue weighted by Gasteiger charge is -2.08. The van der Waals surface area contributed by atoms with Crippen molar-refractivity contribution in [3.05, 3.63) is 0 Å². The van der Waals surface area contributed by atoms with Gasteiger partial charge in [0.2, 0.25) is 5.91 Å². The van der Waals surface area contributed by atoms with Crippen molar-refractivity contribution in [1.82, 2.24) is 10.6 Å². The molecule has 3 nitrogen and oxygen atoms in total. The van der Waals surface area contributed by atoms with Crippen LogP contribution in [-0.4, -0.2) is 25.0 Å². The summed E-state index contributed by atoms with van der Waals surface area (Å²) in [7, 11) is 0. The first-order valence-corrected chi connectivity index (χ1v) is 4.67. The molecule has 0 aromatic carbocycles. The predicted octanol–water partition coefficient (Wildman–Crippen LogP) is 0.901. The average Bonchev–Trinajstić information content (AvgIpc) is 1.98. The molecular weight excluding hydrogens is 152 g/mol. The van der Waals surface area contributed by atoms with E-state index >= 15 is 0 Å². The van der Waals surface area contributed by atoms with Crippen molar-refractivity contribution in [2.75, 3.05) is 13.1 Å². The summed E-state index contributed by atoms with van der Waals surface area (Å²) >= 11 is 0. The van der Waals surface area contributed by atoms with Crippen LogP contribution in [0.4, 0.5) is 0 Å². The van der Waals surface area contributed by atoms with Crippen molar-refractivity contribution >= 4 is 5.91 Å². The second-order valence-corrected chi connectivity index (χ2v) is 3.21. The van der Waals surface area contributed by atoms with E-state index in [0.29, 0.717) is 12.5 Å². The summed E-state index contributed by atoms with van der Waals surface area (Å²) in [6, 6.07) is 0.494. The third-order valence-corrected chi connectivity index (χ3v) is 1.48. The van der Waals surface area contributed by atoms with Crippen LogP contribution >= 0.6 is 0 Å². The molecule has 0 radical (unpaired) electrons. The molecule has 0 spiro atoms. The van der Waals surface area contributed by atoms with Gasteiger partial charge in [0.1, 0.15) is 0 Å². The molecule has 0 aromatic rings. The summed E-state index contributed by atoms with van der Waals surface area (Å²) in [6.07, 6.45) is 1.56. The van der Waals surface area contributed by atoms with Crippen molar-refractivity contribution in [1.29, 1.82) is 0 Å². The van der Waals surface area contributed by atoms with Gasteiger partial charge in [-0.25, -0.2) is 0 Å².